The Morgan fingerprint density at radius 2 is 2.10 bits per heavy atom. The summed E-state index contributed by atoms with van der Waals surface area (Å²) in [5.41, 5.74) is 1.60. The minimum absolute atomic E-state index is 0.0463. The first-order chi connectivity index (χ1) is 9.60. The van der Waals surface area contributed by atoms with Gasteiger partial charge in [0.25, 0.3) is 0 Å². The van der Waals surface area contributed by atoms with E-state index >= 15 is 0 Å². The van der Waals surface area contributed by atoms with Gasteiger partial charge in [0.05, 0.1) is 52.8 Å². The first kappa shape index (κ1) is 14.1. The zero-order valence-electron chi connectivity index (χ0n) is 10.5. The highest BCUT2D eigenvalue weighted by atomic mass is 35.5. The third kappa shape index (κ3) is 2.40. The fraction of sp³-hybridized carbons (Fsp3) is 0.462. The molecule has 5 nitrogen and oxygen atoms in total. The number of imidazole rings is 1. The van der Waals surface area contributed by atoms with Crippen LogP contribution in [0.1, 0.15) is 12.5 Å². The van der Waals surface area contributed by atoms with Crippen LogP contribution in [-0.2, 0) is 4.74 Å². The highest BCUT2D eigenvalue weighted by Gasteiger charge is 2.31. The maximum atomic E-state index is 9.94. The number of fused-ring (bicyclic) bond motifs is 1. The second-order valence-corrected chi connectivity index (χ2v) is 5.73. The predicted octanol–water partition coefficient (Wildman–Crippen LogP) is 2.03. The number of ether oxygens (including phenoxy) is 1. The van der Waals surface area contributed by atoms with Gasteiger partial charge in [0, 0.05) is 0 Å². The lowest BCUT2D eigenvalue weighted by Crippen LogP contribution is -2.41. The largest absolute Gasteiger partial charge is 0.394 e. The number of hydrogen-bond donors (Lipinski definition) is 2. The molecule has 1 aromatic heterocycles. The molecule has 3 rings (SSSR count). The van der Waals surface area contributed by atoms with Crippen LogP contribution in [0.5, 0.6) is 0 Å². The van der Waals surface area contributed by atoms with E-state index in [0.29, 0.717) is 23.1 Å². The molecule has 1 saturated heterocycles. The summed E-state index contributed by atoms with van der Waals surface area (Å²) in [4.78, 5) is 4.29. The summed E-state index contributed by atoms with van der Waals surface area (Å²) < 4.78 is 7.40. The normalized spacial score (nSPS) is 27.1. The predicted molar refractivity (Wildman–Crippen MR) is 76.2 cm³/mol. The van der Waals surface area contributed by atoms with Crippen molar-refractivity contribution in [3.05, 3.63) is 28.5 Å². The third-order valence-electron chi connectivity index (χ3n) is 3.64. The number of benzene rings is 1. The van der Waals surface area contributed by atoms with Crippen LogP contribution in [0.4, 0.5) is 0 Å². The van der Waals surface area contributed by atoms with Crippen LogP contribution in [0.15, 0.2) is 18.5 Å². The van der Waals surface area contributed by atoms with Crippen molar-refractivity contribution in [2.45, 2.75) is 24.7 Å². The van der Waals surface area contributed by atoms with E-state index in [9.17, 15) is 5.11 Å². The van der Waals surface area contributed by atoms with Crippen molar-refractivity contribution in [2.75, 3.05) is 13.2 Å². The molecule has 1 aliphatic rings. The Morgan fingerprint density at radius 3 is 2.80 bits per heavy atom. The van der Waals surface area contributed by atoms with Crippen LogP contribution in [-0.4, -0.2) is 45.2 Å². The van der Waals surface area contributed by atoms with Crippen molar-refractivity contribution in [3.8, 4) is 0 Å². The van der Waals surface area contributed by atoms with Crippen LogP contribution >= 0.6 is 23.2 Å². The van der Waals surface area contributed by atoms with Crippen molar-refractivity contribution in [1.82, 2.24) is 9.55 Å². The second-order valence-electron chi connectivity index (χ2n) is 4.92. The van der Waals surface area contributed by atoms with Crippen LogP contribution < -0.4 is 0 Å². The standard InChI is InChI=1S/C13H14Cl2N2O3/c14-8-2-10-11(3-9(8)15)17(6-16-10)7-1-12(19)13(4-18)20-5-7/h2-3,6-7,12-13,18-19H,1,4-5H2/t7-,12-,13+/m0/s1. The lowest BCUT2D eigenvalue weighted by molar-refractivity contribution is -0.112. The van der Waals surface area contributed by atoms with Crippen molar-refractivity contribution >= 4 is 34.2 Å². The summed E-state index contributed by atoms with van der Waals surface area (Å²) in [6.45, 7) is 0.230. The fourth-order valence-electron chi connectivity index (χ4n) is 2.53. The van der Waals surface area contributed by atoms with Gasteiger partial charge < -0.3 is 19.5 Å². The third-order valence-corrected chi connectivity index (χ3v) is 4.36. The van der Waals surface area contributed by atoms with Gasteiger partial charge in [-0.1, -0.05) is 23.2 Å². The van der Waals surface area contributed by atoms with E-state index in [4.69, 9.17) is 33.0 Å². The Kier molecular flexibility index (Phi) is 3.88. The average Bonchev–Trinajstić information content (AvgIpc) is 2.82. The van der Waals surface area contributed by atoms with Gasteiger partial charge in [-0.15, -0.1) is 0 Å². The molecule has 2 aromatic rings. The first-order valence-corrected chi connectivity index (χ1v) is 7.08. The van der Waals surface area contributed by atoms with Gasteiger partial charge in [-0.3, -0.25) is 0 Å². The smallest absolute Gasteiger partial charge is 0.107 e. The molecule has 3 atom stereocenters. The quantitative estimate of drug-likeness (QED) is 0.889. The van der Waals surface area contributed by atoms with Crippen LogP contribution in [0, 0.1) is 0 Å². The molecular formula is C13H14Cl2N2O3. The van der Waals surface area contributed by atoms with Gasteiger partial charge in [-0.25, -0.2) is 4.98 Å². The Bertz CT molecular complexity index is 631. The Morgan fingerprint density at radius 1 is 1.35 bits per heavy atom. The van der Waals surface area contributed by atoms with E-state index in [1.807, 2.05) is 4.57 Å². The molecule has 0 amide bonds. The molecule has 0 radical (unpaired) electrons. The lowest BCUT2D eigenvalue weighted by Gasteiger charge is -2.33. The maximum absolute atomic E-state index is 9.94. The minimum Gasteiger partial charge on any atom is -0.394 e. The second kappa shape index (κ2) is 5.50. The van der Waals surface area contributed by atoms with Gasteiger partial charge in [0.2, 0.25) is 0 Å². The molecule has 7 heteroatoms. The van der Waals surface area contributed by atoms with Crippen molar-refractivity contribution in [1.29, 1.82) is 0 Å². The summed E-state index contributed by atoms with van der Waals surface area (Å²) in [5.74, 6) is 0. The van der Waals surface area contributed by atoms with E-state index in [2.05, 4.69) is 4.98 Å². The first-order valence-electron chi connectivity index (χ1n) is 6.32. The van der Waals surface area contributed by atoms with Gasteiger partial charge in [-0.05, 0) is 18.6 Å². The SMILES string of the molecule is OC[C@H]1OC[C@@H](n2cnc3cc(Cl)c(Cl)cc32)C[C@@H]1O. The minimum atomic E-state index is -0.695. The van der Waals surface area contributed by atoms with E-state index in [1.54, 1.807) is 18.5 Å². The summed E-state index contributed by atoms with van der Waals surface area (Å²) >= 11 is 12.0. The molecule has 1 aliphatic heterocycles. The number of nitrogens with zero attached hydrogens (tertiary/aromatic N) is 2. The van der Waals surface area contributed by atoms with Gasteiger partial charge in [-0.2, -0.15) is 0 Å². The number of aliphatic hydroxyl groups excluding tert-OH is 2. The van der Waals surface area contributed by atoms with Gasteiger partial charge >= 0.3 is 0 Å². The van der Waals surface area contributed by atoms with Gasteiger partial charge in [0.1, 0.15) is 6.10 Å². The zero-order valence-corrected chi connectivity index (χ0v) is 12.1. The Labute approximate surface area is 125 Å². The molecule has 0 bridgehead atoms. The summed E-state index contributed by atoms with van der Waals surface area (Å²) in [5, 5.41) is 20.0. The van der Waals surface area contributed by atoms with E-state index in [1.165, 1.54) is 0 Å². The molecule has 0 saturated carbocycles. The van der Waals surface area contributed by atoms with Crippen molar-refractivity contribution in [3.63, 3.8) is 0 Å². The molecule has 0 unspecified atom stereocenters. The van der Waals surface area contributed by atoms with E-state index in [0.717, 1.165) is 11.0 Å². The molecule has 2 heterocycles. The molecule has 1 fully saturated rings. The summed E-state index contributed by atoms with van der Waals surface area (Å²) in [6.07, 6.45) is 0.979. The number of halogens is 2. The van der Waals surface area contributed by atoms with Crippen molar-refractivity contribution < 1.29 is 14.9 Å². The summed E-state index contributed by atoms with van der Waals surface area (Å²) in [6, 6.07) is 3.43. The fourth-order valence-corrected chi connectivity index (χ4v) is 2.84. The molecule has 20 heavy (non-hydrogen) atoms. The Balaban J connectivity index is 1.93. The molecule has 2 N–H and O–H groups in total. The van der Waals surface area contributed by atoms with E-state index in [-0.39, 0.29) is 12.6 Å². The zero-order chi connectivity index (χ0) is 14.3. The maximum Gasteiger partial charge on any atom is 0.107 e. The number of rotatable bonds is 2. The lowest BCUT2D eigenvalue weighted by atomic mass is 10.0. The number of aliphatic hydroxyl groups is 2. The topological polar surface area (TPSA) is 67.5 Å². The average molecular weight is 317 g/mol. The van der Waals surface area contributed by atoms with Crippen LogP contribution in [0.2, 0.25) is 10.0 Å². The molecule has 1 aromatic carbocycles. The molecule has 0 aliphatic carbocycles. The van der Waals surface area contributed by atoms with Crippen molar-refractivity contribution in [2.24, 2.45) is 0 Å². The number of aromatic nitrogens is 2. The highest BCUT2D eigenvalue weighted by Crippen LogP contribution is 2.31. The van der Waals surface area contributed by atoms with E-state index < -0.39 is 12.2 Å². The highest BCUT2D eigenvalue weighted by molar-refractivity contribution is 6.42. The van der Waals surface area contributed by atoms with Crippen LogP contribution in [0.25, 0.3) is 11.0 Å². The molecular weight excluding hydrogens is 303 g/mol. The number of hydrogen-bond acceptors (Lipinski definition) is 4. The van der Waals surface area contributed by atoms with Gasteiger partial charge in [0.15, 0.2) is 0 Å². The Hall–Kier alpha value is -0.850. The molecule has 108 valence electrons. The summed E-state index contributed by atoms with van der Waals surface area (Å²) in [7, 11) is 0. The van der Waals surface area contributed by atoms with Crippen LogP contribution in [0.3, 0.4) is 0 Å². The molecule has 0 spiro atoms. The monoisotopic (exact) mass is 316 g/mol.